The predicted octanol–water partition coefficient (Wildman–Crippen LogP) is 2.62. The van der Waals surface area contributed by atoms with Crippen LogP contribution in [-0.2, 0) is 4.74 Å². The van der Waals surface area contributed by atoms with Crippen molar-refractivity contribution in [2.24, 2.45) is 23.0 Å². The van der Waals surface area contributed by atoms with Gasteiger partial charge in [-0.05, 0) is 50.9 Å². The van der Waals surface area contributed by atoms with Gasteiger partial charge in [-0.15, -0.1) is 0 Å². The molecule has 2 aliphatic rings. The summed E-state index contributed by atoms with van der Waals surface area (Å²) in [6.45, 7) is 11.8. The van der Waals surface area contributed by atoms with Crippen LogP contribution in [0.4, 0.5) is 4.79 Å². The van der Waals surface area contributed by atoms with Crippen LogP contribution < -0.4 is 5.73 Å². The lowest BCUT2D eigenvalue weighted by Crippen LogP contribution is -2.42. The summed E-state index contributed by atoms with van der Waals surface area (Å²) in [6.07, 6.45) is 1.94. The Kier molecular flexibility index (Phi) is 3.58. The Labute approximate surface area is 116 Å². The molecule has 0 spiro atoms. The third-order valence-electron chi connectivity index (χ3n) is 4.70. The second kappa shape index (κ2) is 4.65. The summed E-state index contributed by atoms with van der Waals surface area (Å²) in [5.74, 6) is 1.30. The van der Waals surface area contributed by atoms with Crippen molar-refractivity contribution in [2.45, 2.75) is 59.1 Å². The molecule has 0 unspecified atom stereocenters. The van der Waals surface area contributed by atoms with Gasteiger partial charge in [-0.25, -0.2) is 4.79 Å². The van der Waals surface area contributed by atoms with Gasteiger partial charge in [-0.2, -0.15) is 0 Å². The van der Waals surface area contributed by atoms with E-state index in [1.165, 1.54) is 0 Å². The summed E-state index contributed by atoms with van der Waals surface area (Å²) in [4.78, 5) is 13.8. The number of ether oxygens (including phenoxy) is 1. The fraction of sp³-hybridized carbons (Fsp3) is 0.933. The lowest BCUT2D eigenvalue weighted by atomic mass is 9.88. The van der Waals surface area contributed by atoms with Gasteiger partial charge in [0.15, 0.2) is 0 Å². The summed E-state index contributed by atoms with van der Waals surface area (Å²) in [5, 5.41) is 0. The number of hydrogen-bond donors (Lipinski definition) is 1. The molecule has 4 heteroatoms. The van der Waals surface area contributed by atoms with Crippen LogP contribution in [0.1, 0.15) is 47.5 Å². The first kappa shape index (κ1) is 14.6. The SMILES string of the molecule is CC(C)(C)OC(=O)N1CCC([C@@H]2[C@@H](N)C2(C)C)CC1. The Hall–Kier alpha value is -0.770. The van der Waals surface area contributed by atoms with Gasteiger partial charge in [-0.3, -0.25) is 0 Å². The summed E-state index contributed by atoms with van der Waals surface area (Å²) < 4.78 is 5.41. The van der Waals surface area contributed by atoms with Gasteiger partial charge >= 0.3 is 6.09 Å². The lowest BCUT2D eigenvalue weighted by Gasteiger charge is -2.34. The van der Waals surface area contributed by atoms with Crippen LogP contribution in [-0.4, -0.2) is 35.7 Å². The third-order valence-corrected chi connectivity index (χ3v) is 4.70. The van der Waals surface area contributed by atoms with E-state index in [1.54, 1.807) is 0 Å². The molecule has 0 radical (unpaired) electrons. The molecule has 1 aliphatic heterocycles. The van der Waals surface area contributed by atoms with E-state index in [1.807, 2.05) is 25.7 Å². The standard InChI is InChI=1S/C15H28N2O2/c1-14(2,3)19-13(18)17-8-6-10(7-9-17)11-12(16)15(11,4)5/h10-12H,6-9,16H2,1-5H3/t11-,12-/m1/s1. The highest BCUT2D eigenvalue weighted by Crippen LogP contribution is 2.56. The maximum atomic E-state index is 12.0. The molecule has 2 N–H and O–H groups in total. The fourth-order valence-electron chi connectivity index (χ4n) is 3.39. The van der Waals surface area contributed by atoms with Gasteiger partial charge in [0.2, 0.25) is 0 Å². The van der Waals surface area contributed by atoms with E-state index in [4.69, 9.17) is 10.5 Å². The predicted molar refractivity (Wildman–Crippen MR) is 75.8 cm³/mol. The van der Waals surface area contributed by atoms with Crippen molar-refractivity contribution in [1.82, 2.24) is 4.90 Å². The Morgan fingerprint density at radius 3 is 2.11 bits per heavy atom. The van der Waals surface area contributed by atoms with Crippen molar-refractivity contribution in [1.29, 1.82) is 0 Å². The molecule has 0 aromatic heterocycles. The highest BCUT2D eigenvalue weighted by Gasteiger charge is 2.58. The molecule has 1 heterocycles. The topological polar surface area (TPSA) is 55.6 Å². The number of carbonyl (C=O) groups is 1. The van der Waals surface area contributed by atoms with E-state index in [-0.39, 0.29) is 6.09 Å². The fourth-order valence-corrected chi connectivity index (χ4v) is 3.39. The molecule has 2 rings (SSSR count). The first-order valence-electron chi connectivity index (χ1n) is 7.36. The maximum Gasteiger partial charge on any atom is 0.410 e. The van der Waals surface area contributed by atoms with Gasteiger partial charge in [0.05, 0.1) is 0 Å². The summed E-state index contributed by atoms with van der Waals surface area (Å²) in [7, 11) is 0. The van der Waals surface area contributed by atoms with E-state index >= 15 is 0 Å². The number of nitrogens with zero attached hydrogens (tertiary/aromatic N) is 1. The second-order valence-corrected chi connectivity index (χ2v) is 7.68. The first-order chi connectivity index (χ1) is 8.63. The molecule has 1 amide bonds. The van der Waals surface area contributed by atoms with Crippen LogP contribution in [0, 0.1) is 17.3 Å². The van der Waals surface area contributed by atoms with Crippen molar-refractivity contribution < 1.29 is 9.53 Å². The van der Waals surface area contributed by atoms with Crippen LogP contribution >= 0.6 is 0 Å². The summed E-state index contributed by atoms with van der Waals surface area (Å²) in [5.41, 5.74) is 6.03. The normalized spacial score (nSPS) is 31.2. The van der Waals surface area contributed by atoms with Crippen LogP contribution in [0.2, 0.25) is 0 Å². The zero-order chi connectivity index (χ0) is 14.4. The molecule has 2 fully saturated rings. The van der Waals surface area contributed by atoms with E-state index < -0.39 is 5.60 Å². The van der Waals surface area contributed by atoms with Crippen molar-refractivity contribution in [3.8, 4) is 0 Å². The highest BCUT2D eigenvalue weighted by atomic mass is 16.6. The van der Waals surface area contributed by atoms with Crippen LogP contribution in [0.5, 0.6) is 0 Å². The molecule has 1 saturated heterocycles. The molecule has 0 aromatic rings. The minimum absolute atomic E-state index is 0.176. The Morgan fingerprint density at radius 1 is 1.26 bits per heavy atom. The molecule has 2 atom stereocenters. The van der Waals surface area contributed by atoms with Crippen molar-refractivity contribution in [3.63, 3.8) is 0 Å². The van der Waals surface area contributed by atoms with Crippen LogP contribution in [0.25, 0.3) is 0 Å². The molecular weight excluding hydrogens is 240 g/mol. The van der Waals surface area contributed by atoms with Crippen molar-refractivity contribution >= 4 is 6.09 Å². The number of nitrogens with two attached hydrogens (primary N) is 1. The van der Waals surface area contributed by atoms with Gasteiger partial charge in [0.25, 0.3) is 0 Å². The lowest BCUT2D eigenvalue weighted by molar-refractivity contribution is 0.0171. The largest absolute Gasteiger partial charge is 0.444 e. The van der Waals surface area contributed by atoms with E-state index in [2.05, 4.69) is 13.8 Å². The molecule has 1 aliphatic carbocycles. The quantitative estimate of drug-likeness (QED) is 0.795. The highest BCUT2D eigenvalue weighted by molar-refractivity contribution is 5.68. The molecule has 19 heavy (non-hydrogen) atoms. The number of carbonyl (C=O) groups excluding carboxylic acids is 1. The average molecular weight is 268 g/mol. The number of likely N-dealkylation sites (tertiary alicyclic amines) is 1. The summed E-state index contributed by atoms with van der Waals surface area (Å²) >= 11 is 0. The van der Waals surface area contributed by atoms with Gasteiger partial charge in [-0.1, -0.05) is 13.8 Å². The smallest absolute Gasteiger partial charge is 0.410 e. The van der Waals surface area contributed by atoms with Crippen LogP contribution in [0.3, 0.4) is 0 Å². The number of hydrogen-bond acceptors (Lipinski definition) is 3. The van der Waals surface area contributed by atoms with Crippen LogP contribution in [0.15, 0.2) is 0 Å². The molecular formula is C15H28N2O2. The number of piperidine rings is 1. The monoisotopic (exact) mass is 268 g/mol. The molecule has 1 saturated carbocycles. The van der Waals surface area contributed by atoms with E-state index in [0.29, 0.717) is 23.3 Å². The van der Waals surface area contributed by atoms with Crippen molar-refractivity contribution in [3.05, 3.63) is 0 Å². The Balaban J connectivity index is 1.82. The zero-order valence-electron chi connectivity index (χ0n) is 12.9. The van der Waals surface area contributed by atoms with Crippen molar-refractivity contribution in [2.75, 3.05) is 13.1 Å². The number of amides is 1. The van der Waals surface area contributed by atoms with Gasteiger partial charge in [0.1, 0.15) is 5.60 Å². The molecule has 0 aromatic carbocycles. The Morgan fingerprint density at radius 2 is 1.74 bits per heavy atom. The second-order valence-electron chi connectivity index (χ2n) is 7.68. The summed E-state index contributed by atoms with van der Waals surface area (Å²) in [6, 6.07) is 0.338. The average Bonchev–Trinajstić information content (AvgIpc) is 2.76. The minimum Gasteiger partial charge on any atom is -0.444 e. The van der Waals surface area contributed by atoms with Gasteiger partial charge in [0, 0.05) is 19.1 Å². The van der Waals surface area contributed by atoms with Gasteiger partial charge < -0.3 is 15.4 Å². The zero-order valence-corrected chi connectivity index (χ0v) is 12.9. The minimum atomic E-state index is -0.408. The van der Waals surface area contributed by atoms with E-state index in [9.17, 15) is 4.79 Å². The first-order valence-corrected chi connectivity index (χ1v) is 7.36. The van der Waals surface area contributed by atoms with E-state index in [0.717, 1.165) is 25.9 Å². The third kappa shape index (κ3) is 3.04. The molecule has 110 valence electrons. The molecule has 0 bridgehead atoms. The Bertz CT molecular complexity index is 352. The maximum absolute atomic E-state index is 12.0. The number of rotatable bonds is 1. The molecule has 4 nitrogen and oxygen atoms in total.